The maximum atomic E-state index is 12.8. The van der Waals surface area contributed by atoms with Crippen molar-refractivity contribution in [1.29, 1.82) is 0 Å². The molecule has 6 nitrogen and oxygen atoms in total. The molecule has 150 valence electrons. The Hall–Kier alpha value is -2.99. The summed E-state index contributed by atoms with van der Waals surface area (Å²) < 4.78 is 5.44. The van der Waals surface area contributed by atoms with Crippen LogP contribution in [0, 0.1) is 19.8 Å². The molecule has 1 aliphatic rings. The molecule has 1 saturated heterocycles. The third-order valence-corrected chi connectivity index (χ3v) is 5.38. The summed E-state index contributed by atoms with van der Waals surface area (Å²) >= 11 is 0. The van der Waals surface area contributed by atoms with E-state index in [9.17, 15) is 4.79 Å². The van der Waals surface area contributed by atoms with Gasteiger partial charge in [0, 0.05) is 17.8 Å². The SMILES string of the molecule is Cc1ccc(NC(=O)C2CCCN(Cc3nc(-c4ccccc4)no3)C2)c(C)c1. The normalized spacial score (nSPS) is 17.2. The zero-order valence-corrected chi connectivity index (χ0v) is 16.9. The number of nitrogens with zero attached hydrogens (tertiary/aromatic N) is 3. The number of amides is 1. The van der Waals surface area contributed by atoms with E-state index in [1.807, 2.05) is 49.4 Å². The highest BCUT2D eigenvalue weighted by Gasteiger charge is 2.27. The van der Waals surface area contributed by atoms with Crippen LogP contribution < -0.4 is 5.32 Å². The van der Waals surface area contributed by atoms with Crippen molar-refractivity contribution in [3.05, 3.63) is 65.5 Å². The fraction of sp³-hybridized carbons (Fsp3) is 0.348. The number of anilines is 1. The molecule has 1 aromatic heterocycles. The molecule has 0 radical (unpaired) electrons. The summed E-state index contributed by atoms with van der Waals surface area (Å²) in [6.45, 7) is 6.26. The predicted octanol–water partition coefficient (Wildman–Crippen LogP) is 4.20. The predicted molar refractivity (Wildman–Crippen MR) is 112 cm³/mol. The lowest BCUT2D eigenvalue weighted by Gasteiger charge is -2.31. The number of benzene rings is 2. The molecule has 1 atom stereocenters. The molecule has 0 saturated carbocycles. The maximum Gasteiger partial charge on any atom is 0.241 e. The molecule has 2 heterocycles. The highest BCUT2D eigenvalue weighted by Crippen LogP contribution is 2.23. The van der Waals surface area contributed by atoms with Gasteiger partial charge in [0.25, 0.3) is 0 Å². The fourth-order valence-electron chi connectivity index (χ4n) is 3.82. The Kier molecular flexibility index (Phi) is 5.71. The molecule has 1 unspecified atom stereocenters. The zero-order valence-electron chi connectivity index (χ0n) is 16.9. The number of nitrogens with one attached hydrogen (secondary N) is 1. The first-order valence-corrected chi connectivity index (χ1v) is 10.1. The largest absolute Gasteiger partial charge is 0.338 e. The summed E-state index contributed by atoms with van der Waals surface area (Å²) in [5.74, 6) is 1.22. The van der Waals surface area contributed by atoms with Crippen molar-refractivity contribution in [3.8, 4) is 11.4 Å². The third kappa shape index (κ3) is 4.71. The van der Waals surface area contributed by atoms with Gasteiger partial charge in [-0.25, -0.2) is 0 Å². The summed E-state index contributed by atoms with van der Waals surface area (Å²) in [6, 6.07) is 15.9. The van der Waals surface area contributed by atoms with Crippen LogP contribution in [0.2, 0.25) is 0 Å². The number of carbonyl (C=O) groups is 1. The van der Waals surface area contributed by atoms with E-state index in [4.69, 9.17) is 4.52 Å². The van der Waals surface area contributed by atoms with E-state index in [0.717, 1.165) is 36.2 Å². The zero-order chi connectivity index (χ0) is 20.2. The Morgan fingerprint density at radius 3 is 2.83 bits per heavy atom. The number of carbonyl (C=O) groups excluding carboxylic acids is 1. The third-order valence-electron chi connectivity index (χ3n) is 5.38. The Morgan fingerprint density at radius 1 is 1.21 bits per heavy atom. The monoisotopic (exact) mass is 390 g/mol. The first-order chi connectivity index (χ1) is 14.1. The van der Waals surface area contributed by atoms with E-state index in [0.29, 0.717) is 24.8 Å². The van der Waals surface area contributed by atoms with Crippen molar-refractivity contribution in [2.75, 3.05) is 18.4 Å². The van der Waals surface area contributed by atoms with Gasteiger partial charge < -0.3 is 9.84 Å². The second-order valence-corrected chi connectivity index (χ2v) is 7.76. The minimum absolute atomic E-state index is 0.0408. The lowest BCUT2D eigenvalue weighted by Crippen LogP contribution is -2.40. The van der Waals surface area contributed by atoms with E-state index in [2.05, 4.69) is 33.3 Å². The van der Waals surface area contributed by atoms with Crippen LogP contribution in [0.5, 0.6) is 0 Å². The molecular formula is C23H26N4O2. The smallest absolute Gasteiger partial charge is 0.241 e. The van der Waals surface area contributed by atoms with Crippen molar-refractivity contribution in [3.63, 3.8) is 0 Å². The fourth-order valence-corrected chi connectivity index (χ4v) is 3.82. The number of hydrogen-bond donors (Lipinski definition) is 1. The molecule has 1 aliphatic heterocycles. The van der Waals surface area contributed by atoms with Crippen molar-refractivity contribution < 1.29 is 9.32 Å². The molecule has 29 heavy (non-hydrogen) atoms. The van der Waals surface area contributed by atoms with Crippen LogP contribution in [0.15, 0.2) is 53.1 Å². The van der Waals surface area contributed by atoms with E-state index in [1.165, 1.54) is 5.56 Å². The number of rotatable bonds is 5. The molecule has 6 heteroatoms. The van der Waals surface area contributed by atoms with Gasteiger partial charge in [-0.2, -0.15) is 4.98 Å². The average molecular weight is 390 g/mol. The Balaban J connectivity index is 1.37. The molecule has 1 fully saturated rings. The van der Waals surface area contributed by atoms with E-state index in [-0.39, 0.29) is 11.8 Å². The molecule has 0 bridgehead atoms. The number of piperidine rings is 1. The Bertz CT molecular complexity index is 984. The molecule has 0 aliphatic carbocycles. The lowest BCUT2D eigenvalue weighted by atomic mass is 9.96. The second kappa shape index (κ2) is 8.57. The van der Waals surface area contributed by atoms with E-state index < -0.39 is 0 Å². The second-order valence-electron chi connectivity index (χ2n) is 7.76. The number of likely N-dealkylation sites (tertiary alicyclic amines) is 1. The van der Waals surface area contributed by atoms with E-state index in [1.54, 1.807) is 0 Å². The Morgan fingerprint density at radius 2 is 2.03 bits per heavy atom. The minimum atomic E-state index is -0.0408. The lowest BCUT2D eigenvalue weighted by molar-refractivity contribution is -0.121. The summed E-state index contributed by atoms with van der Waals surface area (Å²) in [5.41, 5.74) is 4.11. The number of hydrogen-bond acceptors (Lipinski definition) is 5. The van der Waals surface area contributed by atoms with Gasteiger partial charge in [-0.3, -0.25) is 9.69 Å². The molecule has 1 N–H and O–H groups in total. The van der Waals surface area contributed by atoms with Crippen molar-refractivity contribution >= 4 is 11.6 Å². The average Bonchev–Trinajstić information content (AvgIpc) is 3.19. The highest BCUT2D eigenvalue weighted by atomic mass is 16.5. The summed E-state index contributed by atoms with van der Waals surface area (Å²) in [4.78, 5) is 19.5. The van der Waals surface area contributed by atoms with Gasteiger partial charge >= 0.3 is 0 Å². The molecular weight excluding hydrogens is 364 g/mol. The van der Waals surface area contributed by atoms with Gasteiger partial charge in [-0.05, 0) is 44.9 Å². The standard InChI is InChI=1S/C23H26N4O2/c1-16-10-11-20(17(2)13-16)24-23(28)19-9-6-12-27(14-19)15-21-25-22(26-29-21)18-7-4-3-5-8-18/h3-5,7-8,10-11,13,19H,6,9,12,14-15H2,1-2H3,(H,24,28). The van der Waals surface area contributed by atoms with Gasteiger partial charge in [0.05, 0.1) is 12.5 Å². The molecule has 0 spiro atoms. The summed E-state index contributed by atoms with van der Waals surface area (Å²) in [5, 5.41) is 7.19. The van der Waals surface area contributed by atoms with Gasteiger partial charge in [0.1, 0.15) is 0 Å². The van der Waals surface area contributed by atoms with E-state index >= 15 is 0 Å². The molecule has 1 amide bonds. The van der Waals surface area contributed by atoms with Crippen LogP contribution >= 0.6 is 0 Å². The first kappa shape index (κ1) is 19.3. The molecule has 4 rings (SSSR count). The first-order valence-electron chi connectivity index (χ1n) is 10.1. The maximum absolute atomic E-state index is 12.8. The van der Waals surface area contributed by atoms with Crippen molar-refractivity contribution in [2.45, 2.75) is 33.2 Å². The quantitative estimate of drug-likeness (QED) is 0.707. The summed E-state index contributed by atoms with van der Waals surface area (Å²) in [6.07, 6.45) is 1.87. The van der Waals surface area contributed by atoms with Gasteiger partial charge in [0.2, 0.25) is 17.6 Å². The van der Waals surface area contributed by atoms with Crippen LogP contribution in [0.1, 0.15) is 29.9 Å². The van der Waals surface area contributed by atoms with Crippen LogP contribution in [-0.2, 0) is 11.3 Å². The van der Waals surface area contributed by atoms with Gasteiger partial charge in [0.15, 0.2) is 0 Å². The van der Waals surface area contributed by atoms with Crippen LogP contribution in [0.25, 0.3) is 11.4 Å². The number of aromatic nitrogens is 2. The van der Waals surface area contributed by atoms with Crippen LogP contribution in [0.3, 0.4) is 0 Å². The van der Waals surface area contributed by atoms with Gasteiger partial charge in [-0.1, -0.05) is 53.2 Å². The minimum Gasteiger partial charge on any atom is -0.338 e. The number of aryl methyl sites for hydroxylation is 2. The van der Waals surface area contributed by atoms with Crippen molar-refractivity contribution in [1.82, 2.24) is 15.0 Å². The van der Waals surface area contributed by atoms with Crippen molar-refractivity contribution in [2.24, 2.45) is 5.92 Å². The topological polar surface area (TPSA) is 71.3 Å². The molecule has 3 aromatic rings. The molecule has 2 aromatic carbocycles. The highest BCUT2D eigenvalue weighted by molar-refractivity contribution is 5.93. The summed E-state index contributed by atoms with van der Waals surface area (Å²) in [7, 11) is 0. The van der Waals surface area contributed by atoms with Gasteiger partial charge in [-0.15, -0.1) is 0 Å². The Labute approximate surface area is 170 Å². The van der Waals surface area contributed by atoms with Crippen LogP contribution in [-0.4, -0.2) is 34.0 Å². The van der Waals surface area contributed by atoms with Crippen LogP contribution in [0.4, 0.5) is 5.69 Å².